The van der Waals surface area contributed by atoms with Crippen molar-refractivity contribution in [3.05, 3.63) is 259 Å². The van der Waals surface area contributed by atoms with Gasteiger partial charge in [-0.2, -0.15) is 18.2 Å². The Balaban J connectivity index is 0.00000787. The van der Waals surface area contributed by atoms with Crippen LogP contribution in [0.5, 0.6) is 11.5 Å². The minimum atomic E-state index is -0.446. The molecule has 14 rings (SSSR count). The van der Waals surface area contributed by atoms with Crippen LogP contribution in [0.1, 0.15) is 112 Å². The van der Waals surface area contributed by atoms with E-state index in [1.165, 1.54) is 22.3 Å². The van der Waals surface area contributed by atoms with Crippen molar-refractivity contribution < 1.29 is 37.2 Å². The van der Waals surface area contributed by atoms with E-state index in [9.17, 15) is 2.74 Å². The first-order valence-corrected chi connectivity index (χ1v) is 30.1. The molecule has 1 aliphatic rings. The third kappa shape index (κ3) is 10.3. The molecule has 0 radical (unpaired) electrons. The van der Waals surface area contributed by atoms with Gasteiger partial charge in [0.2, 0.25) is 0 Å². The van der Waals surface area contributed by atoms with E-state index in [1.54, 1.807) is 0 Å². The fourth-order valence-electron chi connectivity index (χ4n) is 12.5. The van der Waals surface area contributed by atoms with Crippen LogP contribution < -0.4 is 9.30 Å². The van der Waals surface area contributed by atoms with E-state index in [0.29, 0.717) is 22.7 Å². The Morgan fingerprint density at radius 3 is 1.76 bits per heavy atom. The Hall–Kier alpha value is -8.89. The van der Waals surface area contributed by atoms with Gasteiger partial charge in [0.05, 0.1) is 23.6 Å². The van der Waals surface area contributed by atoms with Gasteiger partial charge >= 0.3 is 0 Å². The topological polar surface area (TPSA) is 35.9 Å². The Morgan fingerprint density at radius 2 is 1.06 bits per heavy atom. The standard InChI is InChI=1S/C82H72N4O.Pt/c1-79(2,3)56-37-35-52(36-38-56)54-45-71-66-28-17-16-27-65(66)69-32-21-30-63(53-23-14-13-15-24-53)76(69)70-33-22-31-64(55-43-58(81(7,8)9)47-59(44-55)82(10,11)12)77(70)85-51-84(74(46-54)78(71)85)60-25-20-26-61(49-60)87-62-39-40-68-67-29-18-19-34-72(67)86(73(68)50-62)75-48-57(41-42-83-75)80(4,5)6;/h13-48H,1-12H3;/q-2;/i13D,14D,15D,23D,24D;. The average molecular weight is 1330 g/mol. The number of para-hydroxylation sites is 2. The number of imidazole rings is 1. The molecule has 0 aliphatic carbocycles. The zero-order valence-electron chi connectivity index (χ0n) is 56.9. The molecule has 5 nitrogen and oxygen atoms in total. The summed E-state index contributed by atoms with van der Waals surface area (Å²) >= 11 is 0. The summed E-state index contributed by atoms with van der Waals surface area (Å²) < 4.78 is 59.3. The first kappa shape index (κ1) is 52.3. The van der Waals surface area contributed by atoms with Crippen molar-refractivity contribution in [2.45, 2.75) is 105 Å². The molecule has 13 aromatic rings. The van der Waals surface area contributed by atoms with Gasteiger partial charge in [0, 0.05) is 44.3 Å². The average Bonchev–Trinajstić information content (AvgIpc) is 1.61. The van der Waals surface area contributed by atoms with Crippen molar-refractivity contribution >= 4 is 32.8 Å². The summed E-state index contributed by atoms with van der Waals surface area (Å²) in [4.78, 5) is 4.93. The van der Waals surface area contributed by atoms with Crippen molar-refractivity contribution in [2.75, 3.05) is 0 Å². The van der Waals surface area contributed by atoms with Gasteiger partial charge in [0.15, 0.2) is 0 Å². The number of benzene rings is 10. The number of hydrogen-bond acceptors (Lipinski definition) is 2. The number of nitrogens with zero attached hydrogens (tertiary/aromatic N) is 4. The molecule has 0 unspecified atom stereocenters. The zero-order chi connectivity index (χ0) is 64.7. The second-order valence-corrected chi connectivity index (χ2v) is 27.4. The molecule has 6 heteroatoms. The molecule has 10 aromatic carbocycles. The maximum Gasteiger partial charge on any atom is 0.268 e. The summed E-state index contributed by atoms with van der Waals surface area (Å²) in [5.74, 6) is 1.79. The molecule has 0 N–H and O–H groups in total. The maximum absolute atomic E-state index is 9.56. The zero-order valence-corrected chi connectivity index (χ0v) is 54.2. The van der Waals surface area contributed by atoms with Gasteiger partial charge in [-0.05, 0) is 146 Å². The maximum atomic E-state index is 9.56. The largest absolute Gasteiger partial charge is 0.510 e. The van der Waals surface area contributed by atoms with Gasteiger partial charge in [0.25, 0.3) is 6.33 Å². The van der Waals surface area contributed by atoms with Gasteiger partial charge < -0.3 is 13.9 Å². The van der Waals surface area contributed by atoms with Crippen LogP contribution in [0.3, 0.4) is 0 Å². The Labute approximate surface area is 540 Å². The molecule has 0 fully saturated rings. The molecule has 3 aromatic heterocycles. The monoisotopic (exact) mass is 1330 g/mol. The summed E-state index contributed by atoms with van der Waals surface area (Å²) in [7, 11) is 0. The number of hydrogen-bond donors (Lipinski definition) is 0. The van der Waals surface area contributed by atoms with Crippen LogP contribution in [-0.4, -0.2) is 14.1 Å². The third-order valence-electron chi connectivity index (χ3n) is 17.3. The molecule has 0 amide bonds. The van der Waals surface area contributed by atoms with Crippen LogP contribution in [0.2, 0.25) is 0 Å². The van der Waals surface area contributed by atoms with Gasteiger partial charge in [-0.15, -0.1) is 29.7 Å². The molecule has 88 heavy (non-hydrogen) atoms. The molecule has 1 aliphatic heterocycles. The molecule has 0 saturated heterocycles. The number of pyridine rings is 1. The molecule has 0 atom stereocenters. The number of ether oxygens (including phenoxy) is 1. The Kier molecular flexibility index (Phi) is 12.9. The molecule has 0 bridgehead atoms. The minimum absolute atomic E-state index is 0. The Bertz CT molecular complexity index is 5120. The smallest absolute Gasteiger partial charge is 0.268 e. The third-order valence-corrected chi connectivity index (χ3v) is 17.3. The van der Waals surface area contributed by atoms with Crippen molar-refractivity contribution in [3.63, 3.8) is 0 Å². The van der Waals surface area contributed by atoms with E-state index in [0.717, 1.165) is 100.0 Å². The van der Waals surface area contributed by atoms with E-state index in [2.05, 4.69) is 261 Å². The van der Waals surface area contributed by atoms with E-state index in [-0.39, 0.29) is 60.4 Å². The summed E-state index contributed by atoms with van der Waals surface area (Å²) in [5, 5.41) is 2.12. The van der Waals surface area contributed by atoms with Crippen LogP contribution in [0.4, 0.5) is 0 Å². The molecule has 4 heterocycles. The van der Waals surface area contributed by atoms with Crippen LogP contribution >= 0.6 is 0 Å². The first-order valence-electron chi connectivity index (χ1n) is 32.6. The molecule has 0 spiro atoms. The van der Waals surface area contributed by atoms with Gasteiger partial charge in [-0.25, -0.2) is 4.98 Å². The van der Waals surface area contributed by atoms with Crippen LogP contribution in [0.25, 0.3) is 117 Å². The Morgan fingerprint density at radius 1 is 0.443 bits per heavy atom. The van der Waals surface area contributed by atoms with Crippen LogP contribution in [0, 0.1) is 18.5 Å². The van der Waals surface area contributed by atoms with Crippen molar-refractivity contribution in [1.29, 1.82) is 0 Å². The molecule has 438 valence electrons. The normalized spacial score (nSPS) is 13.2. The summed E-state index contributed by atoms with van der Waals surface area (Å²) in [5.41, 5.74) is 18.9. The van der Waals surface area contributed by atoms with Crippen molar-refractivity contribution in [2.24, 2.45) is 0 Å². The predicted molar refractivity (Wildman–Crippen MR) is 361 cm³/mol. The number of rotatable bonds is 7. The van der Waals surface area contributed by atoms with E-state index in [4.69, 9.17) is 13.8 Å². The van der Waals surface area contributed by atoms with Crippen LogP contribution in [-0.2, 0) is 42.7 Å². The van der Waals surface area contributed by atoms with Gasteiger partial charge in [-0.1, -0.05) is 246 Å². The molecule has 0 saturated carbocycles. The summed E-state index contributed by atoms with van der Waals surface area (Å²) in [6, 6.07) is 69.5. The van der Waals surface area contributed by atoms with E-state index in [1.807, 2.05) is 42.6 Å². The number of fused-ring (bicyclic) bond motifs is 10. The van der Waals surface area contributed by atoms with E-state index < -0.39 is 18.1 Å². The SMILES string of the molecule is [2H]c1c([2H])c([2H])c(-c2cccc3c2-c2cccc(-c4cc(C(C)(C)C)cc(C(C)(C)C)c4)c2-[n+]2[c-]n(-c4[c-]c(Oc5[c-]c6c(cc5)c5ccccc5n6-c5cc(C(C)(C)C)ccn5)ccc4)c4cc(-c5ccc(C(C)(C)C)cc5)cc(c42)-c2ccccc2-3)c([2H])c1[2H].[Pt]. The van der Waals surface area contributed by atoms with E-state index >= 15 is 0 Å². The van der Waals surface area contributed by atoms with Gasteiger partial charge in [-0.3, -0.25) is 4.57 Å². The predicted octanol–water partition coefficient (Wildman–Crippen LogP) is 21.1. The molecular formula is C82H72N4OPt-2. The quantitative estimate of drug-likeness (QED) is 0.118. The van der Waals surface area contributed by atoms with Gasteiger partial charge in [0.1, 0.15) is 5.82 Å². The molecular weight excluding hydrogens is 1250 g/mol. The second-order valence-electron chi connectivity index (χ2n) is 27.4. The first-order chi connectivity index (χ1) is 43.7. The van der Waals surface area contributed by atoms with Crippen molar-refractivity contribution in [3.8, 4) is 95.5 Å². The van der Waals surface area contributed by atoms with Crippen LogP contribution in [0.15, 0.2) is 218 Å². The van der Waals surface area contributed by atoms with Crippen molar-refractivity contribution in [1.82, 2.24) is 14.1 Å². The summed E-state index contributed by atoms with van der Waals surface area (Å²) in [6.45, 7) is 26.9. The number of aromatic nitrogens is 4. The minimum Gasteiger partial charge on any atom is -0.510 e. The fourth-order valence-corrected chi connectivity index (χ4v) is 12.5. The second kappa shape index (κ2) is 21.8. The summed E-state index contributed by atoms with van der Waals surface area (Å²) in [6.07, 6.45) is 5.90. The fraction of sp³-hybridized carbons (Fsp3) is 0.195.